The van der Waals surface area contributed by atoms with Gasteiger partial charge in [0.2, 0.25) is 0 Å². The molecule has 4 rings (SSSR count). The molecule has 0 aromatic heterocycles. The molecule has 1 saturated carbocycles. The lowest BCUT2D eigenvalue weighted by atomic mass is 9.94. The van der Waals surface area contributed by atoms with E-state index < -0.39 is 27.1 Å². The molecule has 3 aromatic rings. The summed E-state index contributed by atoms with van der Waals surface area (Å²) in [6.07, 6.45) is 4.19. The quantitative estimate of drug-likeness (QED) is 0.337. The molecule has 0 aliphatic heterocycles. The number of ether oxygens (including phenoxy) is 1. The summed E-state index contributed by atoms with van der Waals surface area (Å²) in [5.41, 5.74) is 0.849. The van der Waals surface area contributed by atoms with Crippen LogP contribution < -0.4 is 0 Å². The van der Waals surface area contributed by atoms with Crippen LogP contribution in [-0.4, -0.2) is 25.7 Å². The average Bonchev–Trinajstić information content (AvgIpc) is 2.83. The molecular formula is C27H28O4S. The van der Waals surface area contributed by atoms with Crippen LogP contribution in [0.5, 0.6) is 0 Å². The zero-order valence-electron chi connectivity index (χ0n) is 18.0. The highest BCUT2D eigenvalue weighted by atomic mass is 32.2. The zero-order chi connectivity index (χ0) is 22.6. The highest BCUT2D eigenvalue weighted by Crippen LogP contribution is 2.33. The van der Waals surface area contributed by atoms with E-state index in [9.17, 15) is 13.2 Å². The second-order valence-electron chi connectivity index (χ2n) is 8.34. The molecule has 3 aromatic carbocycles. The highest BCUT2D eigenvalue weighted by molar-refractivity contribution is 7.92. The SMILES string of the molecule is C=CC[C@@H](C(=O)O[C@@H]1CCCC[C@H]1S(=O)(=O)c1ccc2ccccc2c1)c1ccccc1. The van der Waals surface area contributed by atoms with Gasteiger partial charge >= 0.3 is 5.97 Å². The van der Waals surface area contributed by atoms with Crippen molar-refractivity contribution < 1.29 is 17.9 Å². The molecular weight excluding hydrogens is 420 g/mol. The maximum absolute atomic E-state index is 13.6. The van der Waals surface area contributed by atoms with Gasteiger partial charge in [0, 0.05) is 0 Å². The van der Waals surface area contributed by atoms with Crippen LogP contribution in [0.3, 0.4) is 0 Å². The highest BCUT2D eigenvalue weighted by Gasteiger charge is 2.40. The number of hydrogen-bond donors (Lipinski definition) is 0. The van der Waals surface area contributed by atoms with Crippen LogP contribution >= 0.6 is 0 Å². The molecule has 0 N–H and O–H groups in total. The minimum Gasteiger partial charge on any atom is -0.461 e. The molecule has 0 radical (unpaired) electrons. The summed E-state index contributed by atoms with van der Waals surface area (Å²) in [4.78, 5) is 13.4. The first-order valence-corrected chi connectivity index (χ1v) is 12.6. The Morgan fingerprint density at radius 3 is 2.41 bits per heavy atom. The van der Waals surface area contributed by atoms with Crippen molar-refractivity contribution in [3.8, 4) is 0 Å². The number of carbonyl (C=O) groups is 1. The van der Waals surface area contributed by atoms with Gasteiger partial charge in [-0.15, -0.1) is 6.58 Å². The van der Waals surface area contributed by atoms with E-state index in [0.717, 1.165) is 29.2 Å². The molecule has 166 valence electrons. The summed E-state index contributed by atoms with van der Waals surface area (Å²) in [6, 6.07) is 22.4. The van der Waals surface area contributed by atoms with E-state index in [0.29, 0.717) is 19.3 Å². The molecule has 4 nitrogen and oxygen atoms in total. The van der Waals surface area contributed by atoms with E-state index in [2.05, 4.69) is 6.58 Å². The lowest BCUT2D eigenvalue weighted by Crippen LogP contribution is -2.40. The standard InChI is InChI=1S/C27H28O4S/c1-2-10-24(21-12-4-3-5-13-21)27(28)31-25-15-8-9-16-26(25)32(29,30)23-18-17-20-11-6-7-14-22(20)19-23/h2-7,11-14,17-19,24-26H,1,8-10,15-16H2/t24-,25-,26-/m1/s1. The van der Waals surface area contributed by atoms with Crippen LogP contribution in [0.2, 0.25) is 0 Å². The van der Waals surface area contributed by atoms with Crippen molar-refractivity contribution >= 4 is 26.6 Å². The molecule has 1 aliphatic rings. The fraction of sp³-hybridized carbons (Fsp3) is 0.296. The summed E-state index contributed by atoms with van der Waals surface area (Å²) in [7, 11) is -3.65. The second kappa shape index (κ2) is 9.70. The van der Waals surface area contributed by atoms with Gasteiger partial charge in [-0.05, 0) is 54.2 Å². The zero-order valence-corrected chi connectivity index (χ0v) is 18.8. The summed E-state index contributed by atoms with van der Waals surface area (Å²) in [5.74, 6) is -0.874. The predicted octanol–water partition coefficient (Wildman–Crippen LogP) is 5.83. The molecule has 0 bridgehead atoms. The summed E-state index contributed by atoms with van der Waals surface area (Å²) < 4.78 is 33.1. The molecule has 3 atom stereocenters. The van der Waals surface area contributed by atoms with Crippen molar-refractivity contribution in [2.45, 2.75) is 54.3 Å². The minimum absolute atomic E-state index is 0.287. The monoisotopic (exact) mass is 448 g/mol. The van der Waals surface area contributed by atoms with Crippen LogP contribution in [0.15, 0.2) is 90.3 Å². The van der Waals surface area contributed by atoms with E-state index >= 15 is 0 Å². The molecule has 0 unspecified atom stereocenters. The van der Waals surface area contributed by atoms with Crippen LogP contribution in [0, 0.1) is 0 Å². The summed E-state index contributed by atoms with van der Waals surface area (Å²) >= 11 is 0. The average molecular weight is 449 g/mol. The Morgan fingerprint density at radius 1 is 0.969 bits per heavy atom. The van der Waals surface area contributed by atoms with Crippen LogP contribution in [0.1, 0.15) is 43.6 Å². The van der Waals surface area contributed by atoms with Crippen LogP contribution in [0.25, 0.3) is 10.8 Å². The van der Waals surface area contributed by atoms with Gasteiger partial charge in [0.05, 0.1) is 10.8 Å². The third kappa shape index (κ3) is 4.63. The second-order valence-corrected chi connectivity index (χ2v) is 10.5. The third-order valence-corrected chi connectivity index (χ3v) is 8.49. The Bertz CT molecular complexity index is 1200. The molecule has 0 spiro atoms. The fourth-order valence-electron chi connectivity index (χ4n) is 4.52. The molecule has 0 heterocycles. The van der Waals surface area contributed by atoms with E-state index in [1.165, 1.54) is 0 Å². The largest absolute Gasteiger partial charge is 0.461 e. The number of sulfone groups is 1. The van der Waals surface area contributed by atoms with Gasteiger partial charge < -0.3 is 4.74 Å². The number of rotatable bonds is 7. The lowest BCUT2D eigenvalue weighted by molar-refractivity contribution is -0.152. The molecule has 32 heavy (non-hydrogen) atoms. The number of allylic oxidation sites excluding steroid dienone is 1. The number of hydrogen-bond acceptors (Lipinski definition) is 4. The Balaban J connectivity index is 1.60. The van der Waals surface area contributed by atoms with E-state index in [-0.39, 0.29) is 10.9 Å². The Morgan fingerprint density at radius 2 is 1.66 bits per heavy atom. The smallest absolute Gasteiger partial charge is 0.314 e. The molecule has 1 aliphatic carbocycles. The predicted molar refractivity (Wildman–Crippen MR) is 127 cm³/mol. The van der Waals surface area contributed by atoms with Crippen molar-refractivity contribution in [3.63, 3.8) is 0 Å². The van der Waals surface area contributed by atoms with Crippen molar-refractivity contribution in [1.82, 2.24) is 0 Å². The van der Waals surface area contributed by atoms with E-state index in [4.69, 9.17) is 4.74 Å². The molecule has 1 fully saturated rings. The summed E-state index contributed by atoms with van der Waals surface area (Å²) in [5, 5.41) is 1.14. The van der Waals surface area contributed by atoms with Gasteiger partial charge in [0.25, 0.3) is 0 Å². The Hall–Kier alpha value is -2.92. The van der Waals surface area contributed by atoms with Gasteiger partial charge in [-0.3, -0.25) is 4.79 Å². The van der Waals surface area contributed by atoms with Gasteiger partial charge in [0.1, 0.15) is 11.4 Å². The lowest BCUT2D eigenvalue weighted by Gasteiger charge is -2.32. The number of esters is 1. The van der Waals surface area contributed by atoms with Crippen molar-refractivity contribution in [3.05, 3.63) is 91.0 Å². The number of fused-ring (bicyclic) bond motifs is 1. The van der Waals surface area contributed by atoms with Gasteiger partial charge in [-0.1, -0.05) is 73.2 Å². The molecule has 0 amide bonds. The Kier molecular flexibility index (Phi) is 6.75. The van der Waals surface area contributed by atoms with E-state index in [1.807, 2.05) is 60.7 Å². The normalized spacial score (nSPS) is 19.9. The maximum atomic E-state index is 13.6. The maximum Gasteiger partial charge on any atom is 0.314 e. The van der Waals surface area contributed by atoms with Crippen molar-refractivity contribution in [2.24, 2.45) is 0 Å². The number of carbonyl (C=O) groups excluding carboxylic acids is 1. The van der Waals surface area contributed by atoms with Crippen molar-refractivity contribution in [1.29, 1.82) is 0 Å². The number of benzene rings is 3. The first kappa shape index (κ1) is 22.3. The molecule has 0 saturated heterocycles. The third-order valence-electron chi connectivity index (χ3n) is 6.25. The fourth-order valence-corrected chi connectivity index (χ4v) is 6.49. The van der Waals surface area contributed by atoms with Gasteiger partial charge in [0.15, 0.2) is 9.84 Å². The van der Waals surface area contributed by atoms with Crippen LogP contribution in [0.4, 0.5) is 0 Å². The van der Waals surface area contributed by atoms with E-state index in [1.54, 1.807) is 18.2 Å². The molecule has 5 heteroatoms. The van der Waals surface area contributed by atoms with Gasteiger partial charge in [-0.25, -0.2) is 8.42 Å². The van der Waals surface area contributed by atoms with Crippen molar-refractivity contribution in [2.75, 3.05) is 0 Å². The Labute approximate surface area is 189 Å². The minimum atomic E-state index is -3.65. The first-order valence-electron chi connectivity index (χ1n) is 11.1. The van der Waals surface area contributed by atoms with Gasteiger partial charge in [-0.2, -0.15) is 0 Å². The van der Waals surface area contributed by atoms with Crippen LogP contribution in [-0.2, 0) is 19.4 Å². The topological polar surface area (TPSA) is 60.4 Å². The first-order chi connectivity index (χ1) is 15.5. The summed E-state index contributed by atoms with van der Waals surface area (Å²) in [6.45, 7) is 3.77.